The number of alkyl halides is 1. The van der Waals surface area contributed by atoms with Crippen molar-refractivity contribution < 1.29 is 9.90 Å². The number of benzene rings is 1. The van der Waals surface area contributed by atoms with E-state index < -0.39 is 0 Å². The predicted octanol–water partition coefficient (Wildman–Crippen LogP) is 2.21. The van der Waals surface area contributed by atoms with Crippen LogP contribution in [0.2, 0.25) is 0 Å². The molecule has 0 aliphatic heterocycles. The van der Waals surface area contributed by atoms with Crippen molar-refractivity contribution in [3.63, 3.8) is 0 Å². The lowest BCUT2D eigenvalue weighted by atomic mass is 10.2. The monoisotopic (exact) mass is 294 g/mol. The molecule has 2 aromatic rings. The van der Waals surface area contributed by atoms with Crippen molar-refractivity contribution in [2.75, 3.05) is 5.33 Å². The SMILES string of the molecule is O=C(CBr)c1cnn(Cc2ccc(O)cc2)c1. The van der Waals surface area contributed by atoms with Gasteiger partial charge in [-0.25, -0.2) is 0 Å². The second kappa shape index (κ2) is 5.14. The molecule has 4 nitrogen and oxygen atoms in total. The second-order valence-electron chi connectivity index (χ2n) is 3.65. The summed E-state index contributed by atoms with van der Waals surface area (Å²) in [5.74, 6) is 0.256. The Hall–Kier alpha value is -1.62. The Bertz CT molecular complexity index is 520. The summed E-state index contributed by atoms with van der Waals surface area (Å²) in [7, 11) is 0. The molecular weight excluding hydrogens is 284 g/mol. The maximum absolute atomic E-state index is 11.4. The molecule has 88 valence electrons. The van der Waals surface area contributed by atoms with Crippen molar-refractivity contribution in [1.82, 2.24) is 9.78 Å². The van der Waals surface area contributed by atoms with Gasteiger partial charge in [-0.3, -0.25) is 9.48 Å². The van der Waals surface area contributed by atoms with E-state index in [-0.39, 0.29) is 11.5 Å². The summed E-state index contributed by atoms with van der Waals surface area (Å²) in [6, 6.07) is 6.90. The van der Waals surface area contributed by atoms with Crippen LogP contribution < -0.4 is 0 Å². The Kier molecular flexibility index (Phi) is 3.58. The number of Topliss-reactive ketones (excluding diaryl/α,β-unsaturated/α-hetero) is 1. The Labute approximate surface area is 107 Å². The van der Waals surface area contributed by atoms with Crippen LogP contribution in [-0.4, -0.2) is 26.0 Å². The van der Waals surface area contributed by atoms with Crippen LogP contribution in [-0.2, 0) is 6.54 Å². The van der Waals surface area contributed by atoms with Gasteiger partial charge in [0.1, 0.15) is 5.75 Å². The van der Waals surface area contributed by atoms with Crippen LogP contribution in [0.25, 0.3) is 0 Å². The zero-order chi connectivity index (χ0) is 12.3. The molecule has 17 heavy (non-hydrogen) atoms. The number of aromatic hydroxyl groups is 1. The summed E-state index contributed by atoms with van der Waals surface area (Å²) in [6.45, 7) is 0.579. The van der Waals surface area contributed by atoms with Gasteiger partial charge in [0.15, 0.2) is 5.78 Å². The van der Waals surface area contributed by atoms with Gasteiger partial charge >= 0.3 is 0 Å². The van der Waals surface area contributed by atoms with Crippen LogP contribution in [0.5, 0.6) is 5.75 Å². The molecule has 0 bridgehead atoms. The first-order valence-corrected chi connectivity index (χ1v) is 6.20. The van der Waals surface area contributed by atoms with Gasteiger partial charge in [-0.1, -0.05) is 28.1 Å². The Balaban J connectivity index is 2.11. The topological polar surface area (TPSA) is 55.1 Å². The van der Waals surface area contributed by atoms with Crippen molar-refractivity contribution in [3.8, 4) is 5.75 Å². The van der Waals surface area contributed by atoms with E-state index in [1.54, 1.807) is 29.2 Å². The van der Waals surface area contributed by atoms with Gasteiger partial charge < -0.3 is 5.11 Å². The molecule has 0 spiro atoms. The number of aromatic nitrogens is 2. The Morgan fingerprint density at radius 1 is 1.35 bits per heavy atom. The van der Waals surface area contributed by atoms with E-state index in [9.17, 15) is 4.79 Å². The van der Waals surface area contributed by atoms with Gasteiger partial charge in [0.25, 0.3) is 0 Å². The molecule has 5 heteroatoms. The molecular formula is C12H11BrN2O2. The minimum atomic E-state index is 0.0157. The predicted molar refractivity (Wildman–Crippen MR) is 67.6 cm³/mol. The molecule has 0 amide bonds. The summed E-state index contributed by atoms with van der Waals surface area (Å²) in [5.41, 5.74) is 1.62. The van der Waals surface area contributed by atoms with Crippen molar-refractivity contribution in [3.05, 3.63) is 47.8 Å². The van der Waals surface area contributed by atoms with E-state index in [0.717, 1.165) is 5.56 Å². The molecule has 0 fully saturated rings. The Morgan fingerprint density at radius 3 is 2.71 bits per heavy atom. The largest absolute Gasteiger partial charge is 0.508 e. The maximum Gasteiger partial charge on any atom is 0.176 e. The van der Waals surface area contributed by atoms with Gasteiger partial charge in [0.05, 0.1) is 23.6 Å². The lowest BCUT2D eigenvalue weighted by molar-refractivity contribution is 0.102. The third kappa shape index (κ3) is 2.94. The van der Waals surface area contributed by atoms with Crippen molar-refractivity contribution >= 4 is 21.7 Å². The summed E-state index contributed by atoms with van der Waals surface area (Å²) >= 11 is 3.12. The molecule has 0 unspecified atom stereocenters. The fourth-order valence-electron chi connectivity index (χ4n) is 1.46. The van der Waals surface area contributed by atoms with Crippen LogP contribution in [0.15, 0.2) is 36.7 Å². The Morgan fingerprint density at radius 2 is 2.06 bits per heavy atom. The molecule has 0 saturated carbocycles. The molecule has 1 heterocycles. The van der Waals surface area contributed by atoms with E-state index in [0.29, 0.717) is 17.4 Å². The van der Waals surface area contributed by atoms with Gasteiger partial charge in [-0.2, -0.15) is 5.10 Å². The summed E-state index contributed by atoms with van der Waals surface area (Å²) in [4.78, 5) is 11.4. The molecule has 0 aliphatic rings. The van der Waals surface area contributed by atoms with E-state index >= 15 is 0 Å². The average molecular weight is 295 g/mol. The first-order chi connectivity index (χ1) is 8.19. The smallest absolute Gasteiger partial charge is 0.176 e. The van der Waals surface area contributed by atoms with Crippen LogP contribution in [0.4, 0.5) is 0 Å². The fourth-order valence-corrected chi connectivity index (χ4v) is 1.78. The molecule has 1 aromatic heterocycles. The zero-order valence-electron chi connectivity index (χ0n) is 9.01. The minimum absolute atomic E-state index is 0.0157. The highest BCUT2D eigenvalue weighted by Crippen LogP contribution is 2.11. The van der Waals surface area contributed by atoms with Gasteiger partial charge in [-0.15, -0.1) is 0 Å². The zero-order valence-corrected chi connectivity index (χ0v) is 10.6. The van der Waals surface area contributed by atoms with Gasteiger partial charge in [0.2, 0.25) is 0 Å². The van der Waals surface area contributed by atoms with E-state index in [1.807, 2.05) is 12.1 Å². The normalized spacial score (nSPS) is 10.4. The number of ketones is 1. The van der Waals surface area contributed by atoms with Crippen LogP contribution >= 0.6 is 15.9 Å². The van der Waals surface area contributed by atoms with E-state index in [1.165, 1.54) is 0 Å². The summed E-state index contributed by atoms with van der Waals surface area (Å²) in [5, 5.41) is 13.6. The number of carbonyl (C=O) groups is 1. The van der Waals surface area contributed by atoms with Gasteiger partial charge in [-0.05, 0) is 17.7 Å². The van der Waals surface area contributed by atoms with Crippen molar-refractivity contribution in [1.29, 1.82) is 0 Å². The number of carbonyl (C=O) groups excluding carboxylic acids is 1. The maximum atomic E-state index is 11.4. The highest BCUT2D eigenvalue weighted by Gasteiger charge is 2.06. The van der Waals surface area contributed by atoms with E-state index in [4.69, 9.17) is 5.11 Å². The lowest BCUT2D eigenvalue weighted by Crippen LogP contribution is -2.01. The number of phenols is 1. The minimum Gasteiger partial charge on any atom is -0.508 e. The average Bonchev–Trinajstić information content (AvgIpc) is 2.80. The van der Waals surface area contributed by atoms with Crippen LogP contribution in [0.1, 0.15) is 15.9 Å². The molecule has 0 radical (unpaired) electrons. The number of phenolic OH excluding ortho intramolecular Hbond substituents is 1. The van der Waals surface area contributed by atoms with Crippen LogP contribution in [0, 0.1) is 0 Å². The van der Waals surface area contributed by atoms with Crippen molar-refractivity contribution in [2.45, 2.75) is 6.54 Å². The number of nitrogens with zero attached hydrogens (tertiary/aromatic N) is 2. The molecule has 1 N–H and O–H groups in total. The van der Waals surface area contributed by atoms with Crippen molar-refractivity contribution in [2.24, 2.45) is 0 Å². The third-order valence-corrected chi connectivity index (χ3v) is 2.87. The first kappa shape index (κ1) is 11.9. The number of rotatable bonds is 4. The standard InChI is InChI=1S/C12H11BrN2O2/c13-5-12(17)10-6-14-15(8-10)7-9-1-3-11(16)4-2-9/h1-4,6,8,16H,5,7H2. The molecule has 0 atom stereocenters. The highest BCUT2D eigenvalue weighted by molar-refractivity contribution is 9.09. The molecule has 2 rings (SSSR count). The van der Waals surface area contributed by atoms with Crippen LogP contribution in [0.3, 0.4) is 0 Å². The second-order valence-corrected chi connectivity index (χ2v) is 4.21. The quantitative estimate of drug-likeness (QED) is 0.695. The number of hydrogen-bond acceptors (Lipinski definition) is 3. The summed E-state index contributed by atoms with van der Waals surface area (Å²) < 4.78 is 1.70. The fraction of sp³-hybridized carbons (Fsp3) is 0.167. The molecule has 0 saturated heterocycles. The molecule has 0 aliphatic carbocycles. The first-order valence-electron chi connectivity index (χ1n) is 5.08. The summed E-state index contributed by atoms with van der Waals surface area (Å²) in [6.07, 6.45) is 3.28. The molecule has 1 aromatic carbocycles. The third-order valence-electron chi connectivity index (χ3n) is 2.36. The highest BCUT2D eigenvalue weighted by atomic mass is 79.9. The van der Waals surface area contributed by atoms with Gasteiger partial charge in [0, 0.05) is 6.20 Å². The van der Waals surface area contributed by atoms with E-state index in [2.05, 4.69) is 21.0 Å². The lowest BCUT2D eigenvalue weighted by Gasteiger charge is -2.01. The number of hydrogen-bond donors (Lipinski definition) is 1. The number of halogens is 1.